The first-order chi connectivity index (χ1) is 7.71. The molecule has 94 valence electrons. The second-order valence-corrected chi connectivity index (χ2v) is 5.34. The minimum Gasteiger partial charge on any atom is -0.328 e. The third kappa shape index (κ3) is 3.48. The van der Waals surface area contributed by atoms with Crippen LogP contribution in [-0.2, 0) is 16.4 Å². The van der Waals surface area contributed by atoms with Gasteiger partial charge in [-0.15, -0.1) is 0 Å². The van der Waals surface area contributed by atoms with Crippen LogP contribution in [0.5, 0.6) is 0 Å². The number of primary sulfonamides is 1. The molecule has 0 fully saturated rings. The highest BCUT2D eigenvalue weighted by atomic mass is 32.2. The van der Waals surface area contributed by atoms with Gasteiger partial charge in [0, 0.05) is 17.7 Å². The molecule has 17 heavy (non-hydrogen) atoms. The van der Waals surface area contributed by atoms with E-state index in [9.17, 15) is 18.5 Å². The Labute approximate surface area is 98.6 Å². The quantitative estimate of drug-likeness (QED) is 0.586. The average Bonchev–Trinajstić information content (AvgIpc) is 2.15. The molecule has 0 aromatic heterocycles. The summed E-state index contributed by atoms with van der Waals surface area (Å²) in [6.07, 6.45) is 0.293. The van der Waals surface area contributed by atoms with E-state index < -0.39 is 14.9 Å². The maximum atomic E-state index is 11.1. The molecule has 4 N–H and O–H groups in total. The minimum absolute atomic E-state index is 0.256. The zero-order valence-electron chi connectivity index (χ0n) is 9.16. The summed E-state index contributed by atoms with van der Waals surface area (Å²) < 4.78 is 22.1. The Bertz CT molecular complexity index is 539. The van der Waals surface area contributed by atoms with Crippen LogP contribution in [0, 0.1) is 10.1 Å². The smallest absolute Gasteiger partial charge is 0.273 e. The summed E-state index contributed by atoms with van der Waals surface area (Å²) in [6.45, 7) is 1.71. The number of rotatable bonds is 4. The Morgan fingerprint density at radius 3 is 2.47 bits per heavy atom. The molecule has 0 saturated carbocycles. The van der Waals surface area contributed by atoms with Gasteiger partial charge in [0.2, 0.25) is 10.0 Å². The summed E-state index contributed by atoms with van der Waals surface area (Å²) in [4.78, 5) is 9.89. The molecule has 0 saturated heterocycles. The van der Waals surface area contributed by atoms with Crippen molar-refractivity contribution in [2.45, 2.75) is 24.3 Å². The van der Waals surface area contributed by atoms with E-state index in [1.54, 1.807) is 6.92 Å². The van der Waals surface area contributed by atoms with Crippen LogP contribution in [0.4, 0.5) is 5.69 Å². The van der Waals surface area contributed by atoms with Crippen LogP contribution in [0.25, 0.3) is 0 Å². The predicted octanol–water partition coefficient (Wildman–Crippen LogP) is 0.132. The fourth-order valence-electron chi connectivity index (χ4n) is 1.41. The van der Waals surface area contributed by atoms with Crippen LogP contribution in [0.2, 0.25) is 0 Å². The van der Waals surface area contributed by atoms with E-state index in [-0.39, 0.29) is 16.6 Å². The molecule has 1 rings (SSSR count). The molecule has 1 aromatic rings. The van der Waals surface area contributed by atoms with Crippen molar-refractivity contribution in [2.24, 2.45) is 10.9 Å². The van der Waals surface area contributed by atoms with Gasteiger partial charge in [0.05, 0.1) is 9.82 Å². The van der Waals surface area contributed by atoms with Crippen molar-refractivity contribution in [3.8, 4) is 0 Å². The minimum atomic E-state index is -3.94. The SMILES string of the molecule is CC(N)Cc1ccc(S(N)(=O)=O)cc1[N+](=O)[O-]. The molecule has 0 heterocycles. The largest absolute Gasteiger partial charge is 0.328 e. The van der Waals surface area contributed by atoms with E-state index >= 15 is 0 Å². The highest BCUT2D eigenvalue weighted by Crippen LogP contribution is 2.23. The van der Waals surface area contributed by atoms with Crippen molar-refractivity contribution in [3.05, 3.63) is 33.9 Å². The number of nitro benzene ring substituents is 1. The van der Waals surface area contributed by atoms with Crippen LogP contribution < -0.4 is 10.9 Å². The van der Waals surface area contributed by atoms with E-state index in [1.807, 2.05) is 0 Å². The number of nitrogens with zero attached hydrogens (tertiary/aromatic N) is 1. The van der Waals surface area contributed by atoms with Gasteiger partial charge in [0.1, 0.15) is 0 Å². The van der Waals surface area contributed by atoms with E-state index in [1.165, 1.54) is 12.1 Å². The number of hydrogen-bond acceptors (Lipinski definition) is 5. The van der Waals surface area contributed by atoms with Crippen molar-refractivity contribution in [1.82, 2.24) is 0 Å². The number of benzene rings is 1. The lowest BCUT2D eigenvalue weighted by atomic mass is 10.1. The van der Waals surface area contributed by atoms with E-state index in [0.29, 0.717) is 12.0 Å². The lowest BCUT2D eigenvalue weighted by molar-refractivity contribution is -0.385. The maximum Gasteiger partial charge on any atom is 0.273 e. The van der Waals surface area contributed by atoms with Crippen molar-refractivity contribution in [1.29, 1.82) is 0 Å². The first-order valence-corrected chi connectivity index (χ1v) is 6.32. The fourth-order valence-corrected chi connectivity index (χ4v) is 1.94. The third-order valence-electron chi connectivity index (χ3n) is 2.12. The van der Waals surface area contributed by atoms with Gasteiger partial charge >= 0.3 is 0 Å². The van der Waals surface area contributed by atoms with Crippen LogP contribution in [0.3, 0.4) is 0 Å². The zero-order chi connectivity index (χ0) is 13.2. The van der Waals surface area contributed by atoms with Gasteiger partial charge in [0.15, 0.2) is 0 Å². The van der Waals surface area contributed by atoms with E-state index in [4.69, 9.17) is 10.9 Å². The standard InChI is InChI=1S/C9H13N3O4S/c1-6(10)4-7-2-3-8(17(11,15)16)5-9(7)12(13)14/h2-3,5-6H,4,10H2,1H3,(H2,11,15,16). The molecular formula is C9H13N3O4S. The Kier molecular flexibility index (Phi) is 3.81. The molecule has 0 spiro atoms. The van der Waals surface area contributed by atoms with Gasteiger partial charge in [-0.05, 0) is 19.4 Å². The first-order valence-electron chi connectivity index (χ1n) is 4.77. The second-order valence-electron chi connectivity index (χ2n) is 3.77. The van der Waals surface area contributed by atoms with Gasteiger partial charge in [-0.2, -0.15) is 0 Å². The molecular weight excluding hydrogens is 246 g/mol. The topological polar surface area (TPSA) is 129 Å². The molecule has 7 nitrogen and oxygen atoms in total. The summed E-state index contributed by atoms with van der Waals surface area (Å²) in [7, 11) is -3.94. The van der Waals surface area contributed by atoms with Gasteiger partial charge < -0.3 is 5.73 Å². The number of sulfonamides is 1. The highest BCUT2D eigenvalue weighted by molar-refractivity contribution is 7.89. The van der Waals surface area contributed by atoms with Gasteiger partial charge in [-0.25, -0.2) is 13.6 Å². The molecule has 0 bridgehead atoms. The van der Waals surface area contributed by atoms with Crippen LogP contribution >= 0.6 is 0 Å². The lowest BCUT2D eigenvalue weighted by Gasteiger charge is -2.07. The molecule has 0 aliphatic carbocycles. The van der Waals surface area contributed by atoms with Crippen LogP contribution in [0.15, 0.2) is 23.1 Å². The van der Waals surface area contributed by atoms with Crippen LogP contribution in [0.1, 0.15) is 12.5 Å². The molecule has 0 radical (unpaired) electrons. The summed E-state index contributed by atoms with van der Waals surface area (Å²) in [5.74, 6) is 0. The first kappa shape index (κ1) is 13.6. The van der Waals surface area contributed by atoms with E-state index in [0.717, 1.165) is 6.07 Å². The van der Waals surface area contributed by atoms with E-state index in [2.05, 4.69) is 0 Å². The second kappa shape index (κ2) is 4.78. The van der Waals surface area contributed by atoms with Crippen LogP contribution in [-0.4, -0.2) is 19.4 Å². The summed E-state index contributed by atoms with van der Waals surface area (Å²) in [5.41, 5.74) is 5.65. The molecule has 1 atom stereocenters. The average molecular weight is 259 g/mol. The Morgan fingerprint density at radius 1 is 1.47 bits per heavy atom. The monoisotopic (exact) mass is 259 g/mol. The maximum absolute atomic E-state index is 11.1. The fraction of sp³-hybridized carbons (Fsp3) is 0.333. The molecule has 0 amide bonds. The normalized spacial score (nSPS) is 13.4. The van der Waals surface area contributed by atoms with Crippen molar-refractivity contribution in [2.75, 3.05) is 0 Å². The third-order valence-corrected chi connectivity index (χ3v) is 3.03. The number of hydrogen-bond donors (Lipinski definition) is 2. The molecule has 1 unspecified atom stereocenters. The predicted molar refractivity (Wildman–Crippen MR) is 61.8 cm³/mol. The molecule has 1 aromatic carbocycles. The lowest BCUT2D eigenvalue weighted by Crippen LogP contribution is -2.19. The highest BCUT2D eigenvalue weighted by Gasteiger charge is 2.19. The Morgan fingerprint density at radius 2 is 2.06 bits per heavy atom. The number of nitrogens with two attached hydrogens (primary N) is 2. The molecule has 8 heteroatoms. The zero-order valence-corrected chi connectivity index (χ0v) is 9.98. The molecule has 0 aliphatic heterocycles. The number of nitro groups is 1. The van der Waals surface area contributed by atoms with Crippen molar-refractivity contribution >= 4 is 15.7 Å². The summed E-state index contributed by atoms with van der Waals surface area (Å²) >= 11 is 0. The van der Waals surface area contributed by atoms with Crippen molar-refractivity contribution in [3.63, 3.8) is 0 Å². The van der Waals surface area contributed by atoms with Crippen molar-refractivity contribution < 1.29 is 13.3 Å². The van der Waals surface area contributed by atoms with Gasteiger partial charge in [-0.3, -0.25) is 10.1 Å². The Hall–Kier alpha value is -1.51. The molecule has 0 aliphatic rings. The van der Waals surface area contributed by atoms with Gasteiger partial charge in [0.25, 0.3) is 5.69 Å². The van der Waals surface area contributed by atoms with Gasteiger partial charge in [-0.1, -0.05) is 6.07 Å². The Balaban J connectivity index is 3.32. The summed E-state index contributed by atoms with van der Waals surface area (Å²) in [5, 5.41) is 15.7. The summed E-state index contributed by atoms with van der Waals surface area (Å²) in [6, 6.07) is 3.29.